The van der Waals surface area contributed by atoms with E-state index in [2.05, 4.69) is 25.1 Å². The molecular formula is C13H18O. The Morgan fingerprint density at radius 1 is 1.36 bits per heavy atom. The minimum absolute atomic E-state index is 0.241. The van der Waals surface area contributed by atoms with Crippen molar-refractivity contribution in [3.63, 3.8) is 0 Å². The van der Waals surface area contributed by atoms with E-state index in [1.54, 1.807) is 0 Å². The fourth-order valence-electron chi connectivity index (χ4n) is 1.67. The van der Waals surface area contributed by atoms with Crippen molar-refractivity contribution in [3.05, 3.63) is 47.5 Å². The van der Waals surface area contributed by atoms with Crippen LogP contribution in [0.3, 0.4) is 0 Å². The fourth-order valence-corrected chi connectivity index (χ4v) is 1.67. The maximum atomic E-state index is 9.02. The maximum absolute atomic E-state index is 9.02. The van der Waals surface area contributed by atoms with Gasteiger partial charge in [0.2, 0.25) is 0 Å². The van der Waals surface area contributed by atoms with Gasteiger partial charge in [0.05, 0.1) is 0 Å². The molecule has 0 aliphatic carbocycles. The van der Waals surface area contributed by atoms with E-state index < -0.39 is 0 Å². The highest BCUT2D eigenvalue weighted by Crippen LogP contribution is 2.26. The Morgan fingerprint density at radius 2 is 2.00 bits per heavy atom. The Hall–Kier alpha value is -1.08. The van der Waals surface area contributed by atoms with Gasteiger partial charge < -0.3 is 5.11 Å². The van der Waals surface area contributed by atoms with Crippen LogP contribution < -0.4 is 0 Å². The van der Waals surface area contributed by atoms with E-state index in [1.807, 2.05) is 25.1 Å². The van der Waals surface area contributed by atoms with Gasteiger partial charge in [-0.1, -0.05) is 42.0 Å². The first-order chi connectivity index (χ1) is 6.79. The van der Waals surface area contributed by atoms with Crippen LogP contribution in [-0.2, 0) is 0 Å². The molecule has 1 heteroatoms. The molecule has 0 aromatic heterocycles. The summed E-state index contributed by atoms with van der Waals surface area (Å²) < 4.78 is 0. The van der Waals surface area contributed by atoms with Crippen LogP contribution in [0.5, 0.6) is 0 Å². The molecule has 0 saturated carbocycles. The zero-order valence-electron chi connectivity index (χ0n) is 8.90. The highest BCUT2D eigenvalue weighted by Gasteiger charge is 2.11. The molecule has 1 nitrogen and oxygen atoms in total. The molecule has 1 atom stereocenters. The van der Waals surface area contributed by atoms with E-state index in [4.69, 9.17) is 5.11 Å². The van der Waals surface area contributed by atoms with Crippen LogP contribution in [0.1, 0.15) is 31.7 Å². The summed E-state index contributed by atoms with van der Waals surface area (Å²) in [5.41, 5.74) is 2.61. The molecule has 1 aromatic rings. The second kappa shape index (κ2) is 5.61. The molecule has 0 aliphatic heterocycles. The molecule has 0 bridgehead atoms. The van der Waals surface area contributed by atoms with Crippen LogP contribution in [0.4, 0.5) is 0 Å². The van der Waals surface area contributed by atoms with Crippen molar-refractivity contribution in [1.82, 2.24) is 0 Å². The molecule has 0 fully saturated rings. The number of aliphatic hydroxyl groups excluding tert-OH is 1. The first-order valence-electron chi connectivity index (χ1n) is 5.08. The molecule has 0 radical (unpaired) electrons. The Morgan fingerprint density at radius 3 is 2.50 bits per heavy atom. The maximum Gasteiger partial charge on any atom is 0.0439 e. The van der Waals surface area contributed by atoms with Gasteiger partial charge in [0.25, 0.3) is 0 Å². The second-order valence-electron chi connectivity index (χ2n) is 3.51. The van der Waals surface area contributed by atoms with Gasteiger partial charge >= 0.3 is 0 Å². The highest BCUT2D eigenvalue weighted by atomic mass is 16.3. The molecule has 1 aromatic carbocycles. The second-order valence-corrected chi connectivity index (χ2v) is 3.51. The summed E-state index contributed by atoms with van der Waals surface area (Å²) in [4.78, 5) is 0. The van der Waals surface area contributed by atoms with E-state index in [0.29, 0.717) is 5.92 Å². The third-order valence-corrected chi connectivity index (χ3v) is 2.62. The largest absolute Gasteiger partial charge is 0.396 e. The van der Waals surface area contributed by atoms with Gasteiger partial charge in [-0.05, 0) is 25.8 Å². The summed E-state index contributed by atoms with van der Waals surface area (Å²) >= 11 is 0. The Labute approximate surface area is 86.1 Å². The molecule has 1 rings (SSSR count). The van der Waals surface area contributed by atoms with Gasteiger partial charge in [0, 0.05) is 12.5 Å². The zero-order valence-corrected chi connectivity index (χ0v) is 8.90. The number of allylic oxidation sites excluding steroid dienone is 2. The summed E-state index contributed by atoms with van der Waals surface area (Å²) in [6.45, 7) is 4.40. The van der Waals surface area contributed by atoms with Crippen LogP contribution in [-0.4, -0.2) is 11.7 Å². The molecule has 1 N–H and O–H groups in total. The summed E-state index contributed by atoms with van der Waals surface area (Å²) in [7, 11) is 0. The number of hydrogen-bond donors (Lipinski definition) is 1. The average Bonchev–Trinajstić information content (AvgIpc) is 2.26. The van der Waals surface area contributed by atoms with Crippen molar-refractivity contribution in [2.24, 2.45) is 0 Å². The molecule has 0 aliphatic rings. The van der Waals surface area contributed by atoms with E-state index >= 15 is 0 Å². The van der Waals surface area contributed by atoms with Gasteiger partial charge in [-0.3, -0.25) is 0 Å². The van der Waals surface area contributed by atoms with Gasteiger partial charge in [-0.15, -0.1) is 0 Å². The first kappa shape index (κ1) is 11.0. The van der Waals surface area contributed by atoms with Crippen molar-refractivity contribution < 1.29 is 5.11 Å². The number of aliphatic hydroxyl groups is 1. The first-order valence-corrected chi connectivity index (χ1v) is 5.08. The van der Waals surface area contributed by atoms with Crippen LogP contribution in [0.2, 0.25) is 0 Å². The number of rotatable bonds is 4. The van der Waals surface area contributed by atoms with E-state index in [1.165, 1.54) is 11.1 Å². The van der Waals surface area contributed by atoms with E-state index in [9.17, 15) is 0 Å². The fraction of sp³-hybridized carbons (Fsp3) is 0.385. The lowest BCUT2D eigenvalue weighted by atomic mass is 9.89. The van der Waals surface area contributed by atoms with Crippen LogP contribution >= 0.6 is 0 Å². The van der Waals surface area contributed by atoms with Crippen molar-refractivity contribution >= 4 is 0 Å². The quantitative estimate of drug-likeness (QED) is 0.723. The predicted molar refractivity (Wildman–Crippen MR) is 60.3 cm³/mol. The average molecular weight is 190 g/mol. The molecule has 0 amide bonds. The molecular weight excluding hydrogens is 172 g/mol. The van der Waals surface area contributed by atoms with E-state index in [0.717, 1.165) is 6.42 Å². The molecule has 14 heavy (non-hydrogen) atoms. The Bertz CT molecular complexity index is 287. The third kappa shape index (κ3) is 2.71. The SMILES string of the molecule is C/C=C(\C)C(CCO)c1ccccc1. The third-order valence-electron chi connectivity index (χ3n) is 2.62. The van der Waals surface area contributed by atoms with Gasteiger partial charge in [0.1, 0.15) is 0 Å². The molecule has 76 valence electrons. The Balaban J connectivity index is 2.89. The van der Waals surface area contributed by atoms with Gasteiger partial charge in [-0.25, -0.2) is 0 Å². The van der Waals surface area contributed by atoms with Crippen molar-refractivity contribution in [2.75, 3.05) is 6.61 Å². The minimum atomic E-state index is 0.241. The van der Waals surface area contributed by atoms with Crippen LogP contribution in [0.25, 0.3) is 0 Å². The summed E-state index contributed by atoms with van der Waals surface area (Å²) in [5, 5.41) is 9.02. The molecule has 0 saturated heterocycles. The summed E-state index contributed by atoms with van der Waals surface area (Å²) in [6.07, 6.45) is 2.92. The normalized spacial score (nSPS) is 14.1. The van der Waals surface area contributed by atoms with Crippen molar-refractivity contribution in [3.8, 4) is 0 Å². The summed E-state index contributed by atoms with van der Waals surface area (Å²) in [5.74, 6) is 0.367. The van der Waals surface area contributed by atoms with Crippen LogP contribution in [0.15, 0.2) is 42.0 Å². The lowest BCUT2D eigenvalue weighted by molar-refractivity contribution is 0.281. The zero-order chi connectivity index (χ0) is 10.4. The van der Waals surface area contributed by atoms with Gasteiger partial charge in [0.15, 0.2) is 0 Å². The van der Waals surface area contributed by atoms with Gasteiger partial charge in [-0.2, -0.15) is 0 Å². The van der Waals surface area contributed by atoms with E-state index in [-0.39, 0.29) is 6.61 Å². The van der Waals surface area contributed by atoms with Crippen molar-refractivity contribution in [2.45, 2.75) is 26.2 Å². The Kier molecular flexibility index (Phi) is 4.41. The molecule has 0 spiro atoms. The van der Waals surface area contributed by atoms with Crippen LogP contribution in [0, 0.1) is 0 Å². The standard InChI is InChI=1S/C13H18O/c1-3-11(2)13(9-10-14)12-7-5-4-6-8-12/h3-8,13-14H,9-10H2,1-2H3/b11-3+. The lowest BCUT2D eigenvalue weighted by Crippen LogP contribution is -2.02. The predicted octanol–water partition coefficient (Wildman–Crippen LogP) is 3.12. The number of benzene rings is 1. The highest BCUT2D eigenvalue weighted by molar-refractivity contribution is 5.27. The smallest absolute Gasteiger partial charge is 0.0439 e. The summed E-state index contributed by atoms with van der Waals surface area (Å²) in [6, 6.07) is 10.3. The topological polar surface area (TPSA) is 20.2 Å². The van der Waals surface area contributed by atoms with Crippen molar-refractivity contribution in [1.29, 1.82) is 0 Å². The monoisotopic (exact) mass is 190 g/mol. The minimum Gasteiger partial charge on any atom is -0.396 e. The molecule has 1 unspecified atom stereocenters. The molecule has 0 heterocycles. The number of hydrogen-bond acceptors (Lipinski definition) is 1. The lowest BCUT2D eigenvalue weighted by Gasteiger charge is -2.16.